The molecular formula is C46H90N6O11. The highest BCUT2D eigenvalue weighted by Crippen LogP contribution is 2.41. The third-order valence-electron chi connectivity index (χ3n) is 11.7. The van der Waals surface area contributed by atoms with E-state index in [0.29, 0.717) is 63.8 Å². The van der Waals surface area contributed by atoms with Gasteiger partial charge in [-0.15, -0.1) is 0 Å². The molecule has 370 valence electrons. The van der Waals surface area contributed by atoms with Crippen LogP contribution >= 0.6 is 0 Å². The van der Waals surface area contributed by atoms with E-state index in [2.05, 4.69) is 54.9 Å². The zero-order valence-electron chi connectivity index (χ0n) is 41.7. The van der Waals surface area contributed by atoms with Gasteiger partial charge < -0.3 is 54.6 Å². The van der Waals surface area contributed by atoms with Gasteiger partial charge in [0.05, 0.1) is 76.3 Å². The molecule has 2 bridgehead atoms. The number of hydrogen-bond acceptors (Lipinski definition) is 13. The van der Waals surface area contributed by atoms with Gasteiger partial charge in [-0.1, -0.05) is 68.2 Å². The number of likely N-dealkylation sites (N-methyl/N-ethyl adjacent to an activating group) is 2. The first kappa shape index (κ1) is 61.9. The van der Waals surface area contributed by atoms with Crippen molar-refractivity contribution in [3.05, 3.63) is 0 Å². The van der Waals surface area contributed by atoms with Gasteiger partial charge in [-0.3, -0.25) is 24.1 Å². The molecule has 0 aromatic carbocycles. The van der Waals surface area contributed by atoms with Gasteiger partial charge >= 0.3 is 5.97 Å². The van der Waals surface area contributed by atoms with Gasteiger partial charge in [0.1, 0.15) is 12.3 Å². The summed E-state index contributed by atoms with van der Waals surface area (Å²) in [6, 6.07) is -0.338. The number of nitrogens with one attached hydrogen (secondary N) is 2. The van der Waals surface area contributed by atoms with E-state index < -0.39 is 24.0 Å². The normalized spacial score (nSPS) is 21.3. The summed E-state index contributed by atoms with van der Waals surface area (Å²) >= 11 is 0. The van der Waals surface area contributed by atoms with Crippen molar-refractivity contribution in [2.24, 2.45) is 23.5 Å². The number of nitrogens with zero attached hydrogens (tertiary/aromatic N) is 3. The maximum absolute atomic E-state index is 12.7. The SMILES string of the molecule is CC.CCC.CCC(C)C(C(CC)OC)N(C)C(=O)CNC(=O)C1C2CCC(C2)N1C.COC(=O)[C@H](C)NC(=O)C(C)C(OC)C1CCCN1C=O.NCCOCCOCCC=O. The van der Waals surface area contributed by atoms with E-state index in [4.69, 9.17) is 24.7 Å². The van der Waals surface area contributed by atoms with Crippen LogP contribution < -0.4 is 16.4 Å². The molecule has 3 rings (SSSR count). The van der Waals surface area contributed by atoms with Crippen LogP contribution in [0.3, 0.4) is 0 Å². The predicted molar refractivity (Wildman–Crippen MR) is 247 cm³/mol. The molecule has 0 aromatic heterocycles. The second-order valence-corrected chi connectivity index (χ2v) is 16.1. The highest BCUT2D eigenvalue weighted by molar-refractivity contribution is 5.88. The van der Waals surface area contributed by atoms with Crippen molar-refractivity contribution in [1.82, 2.24) is 25.3 Å². The fraction of sp³-hybridized carbons (Fsp3) is 0.870. The molecule has 3 fully saturated rings. The van der Waals surface area contributed by atoms with E-state index in [1.807, 2.05) is 27.9 Å². The van der Waals surface area contributed by atoms with Crippen molar-refractivity contribution >= 4 is 36.4 Å². The van der Waals surface area contributed by atoms with Crippen LogP contribution in [0.4, 0.5) is 0 Å². The molecule has 17 nitrogen and oxygen atoms in total. The number of hydrogen-bond donors (Lipinski definition) is 3. The average molecular weight is 903 g/mol. The fourth-order valence-electron chi connectivity index (χ4n) is 8.21. The number of methoxy groups -OCH3 is 3. The Bertz CT molecular complexity index is 1240. The average Bonchev–Trinajstić information content (AvgIpc) is 4.05. The number of ether oxygens (including phenoxy) is 5. The van der Waals surface area contributed by atoms with Gasteiger partial charge in [0.15, 0.2) is 0 Å². The molecule has 2 heterocycles. The lowest BCUT2D eigenvalue weighted by atomic mass is 9.91. The molecule has 2 aliphatic heterocycles. The number of esters is 1. The van der Waals surface area contributed by atoms with Gasteiger partial charge in [-0.25, -0.2) is 4.79 Å². The maximum Gasteiger partial charge on any atom is 0.328 e. The summed E-state index contributed by atoms with van der Waals surface area (Å²) in [5, 5.41) is 5.50. The predicted octanol–water partition coefficient (Wildman–Crippen LogP) is 3.83. The van der Waals surface area contributed by atoms with Gasteiger partial charge in [0.2, 0.25) is 24.1 Å². The summed E-state index contributed by atoms with van der Waals surface area (Å²) < 4.78 is 25.7. The van der Waals surface area contributed by atoms with E-state index in [0.717, 1.165) is 51.2 Å². The van der Waals surface area contributed by atoms with Crippen LogP contribution in [0.15, 0.2) is 0 Å². The smallest absolute Gasteiger partial charge is 0.328 e. The van der Waals surface area contributed by atoms with E-state index >= 15 is 0 Å². The summed E-state index contributed by atoms with van der Waals surface area (Å²) in [4.78, 5) is 75.4. The Morgan fingerprint density at radius 3 is 1.98 bits per heavy atom. The molecule has 0 aromatic rings. The molecule has 0 spiro atoms. The monoisotopic (exact) mass is 903 g/mol. The standard InChI is InChI=1S/C20H37N3O3.C14H24N2O5.C7H15NO3.C3H8.C2H6/c1-7-13(3)18(16(8-2)26-6)23(5)17(24)12-21-20(25)19-14-9-10-15(11-14)22(19)4;1-9(13(18)15-10(2)14(19)21-4)12(20-3)11-6-5-7-16(11)8-17;8-2-5-11-7-6-10-4-1-3-9;1-3-2;1-2/h13-16,18-19H,7-12H2,1-6H3,(H,21,25);8-12H,5-7H2,1-4H3,(H,15,18);3H,1-2,4-8H2;3H2,1-2H3;1-2H3/t;9?,10-,11?,12?;;;/m.0.../s1. The lowest BCUT2D eigenvalue weighted by Gasteiger charge is -2.37. The number of aldehydes is 1. The molecule has 4 N–H and O–H groups in total. The van der Waals surface area contributed by atoms with Crippen LogP contribution in [-0.4, -0.2) is 175 Å². The van der Waals surface area contributed by atoms with Gasteiger partial charge in [0.25, 0.3) is 0 Å². The molecular weight excluding hydrogens is 813 g/mol. The summed E-state index contributed by atoms with van der Waals surface area (Å²) in [6.07, 6.45) is 9.91. The fourth-order valence-corrected chi connectivity index (χ4v) is 8.21. The summed E-state index contributed by atoms with van der Waals surface area (Å²) in [5.74, 6) is -0.541. The summed E-state index contributed by atoms with van der Waals surface area (Å²) in [5.41, 5.74) is 5.18. The third-order valence-corrected chi connectivity index (χ3v) is 11.7. The zero-order valence-corrected chi connectivity index (χ0v) is 41.7. The maximum atomic E-state index is 12.7. The van der Waals surface area contributed by atoms with Crippen molar-refractivity contribution in [1.29, 1.82) is 0 Å². The number of piperidine rings is 1. The second-order valence-electron chi connectivity index (χ2n) is 16.1. The number of rotatable bonds is 24. The van der Waals surface area contributed by atoms with E-state index in [1.54, 1.807) is 30.8 Å². The Labute approximate surface area is 380 Å². The molecule has 10 atom stereocenters. The van der Waals surface area contributed by atoms with Crippen molar-refractivity contribution in [2.75, 3.05) is 81.5 Å². The van der Waals surface area contributed by atoms with Crippen LogP contribution in [-0.2, 0) is 52.5 Å². The number of carbonyl (C=O) groups excluding carboxylic acids is 6. The Morgan fingerprint density at radius 1 is 0.889 bits per heavy atom. The zero-order chi connectivity index (χ0) is 48.5. The van der Waals surface area contributed by atoms with Crippen LogP contribution in [0.25, 0.3) is 0 Å². The summed E-state index contributed by atoms with van der Waals surface area (Å²) in [7, 11) is 8.36. The number of amides is 4. The third kappa shape index (κ3) is 22.0. The largest absolute Gasteiger partial charge is 0.467 e. The lowest BCUT2D eigenvalue weighted by Crippen LogP contribution is -2.54. The quantitative estimate of drug-likeness (QED) is 0.0716. The number of fused-ring (bicyclic) bond motifs is 2. The van der Waals surface area contributed by atoms with Crippen molar-refractivity contribution in [3.8, 4) is 0 Å². The molecule has 1 saturated carbocycles. The molecule has 1 aliphatic carbocycles. The van der Waals surface area contributed by atoms with E-state index in [-0.39, 0.29) is 48.5 Å². The molecule has 9 unspecified atom stereocenters. The molecule has 2 saturated heterocycles. The lowest BCUT2D eigenvalue weighted by molar-refractivity contribution is -0.146. The minimum absolute atomic E-state index is 0.000299. The Hall–Kier alpha value is -3.22. The van der Waals surface area contributed by atoms with Crippen molar-refractivity contribution < 1.29 is 52.5 Å². The molecule has 63 heavy (non-hydrogen) atoms. The first-order valence-electron chi connectivity index (χ1n) is 23.3. The first-order valence-corrected chi connectivity index (χ1v) is 23.3. The molecule has 0 radical (unpaired) electrons. The minimum atomic E-state index is -0.715. The highest BCUT2D eigenvalue weighted by Gasteiger charge is 2.47. The van der Waals surface area contributed by atoms with Gasteiger partial charge in [-0.2, -0.15) is 0 Å². The van der Waals surface area contributed by atoms with Crippen molar-refractivity contribution in [3.63, 3.8) is 0 Å². The number of likely N-dealkylation sites (tertiary alicyclic amines) is 2. The molecule has 17 heteroatoms. The Kier molecular flexibility index (Phi) is 36.4. The topological polar surface area (TPSA) is 208 Å². The Balaban J connectivity index is 0. The van der Waals surface area contributed by atoms with E-state index in [1.165, 1.54) is 27.1 Å². The highest BCUT2D eigenvalue weighted by atomic mass is 16.5. The number of nitrogens with two attached hydrogens (primary N) is 1. The van der Waals surface area contributed by atoms with Crippen LogP contribution in [0.1, 0.15) is 120 Å². The van der Waals surface area contributed by atoms with Crippen molar-refractivity contribution in [2.45, 2.75) is 163 Å². The van der Waals surface area contributed by atoms with Crippen LogP contribution in [0.5, 0.6) is 0 Å². The van der Waals surface area contributed by atoms with E-state index in [9.17, 15) is 28.8 Å². The first-order chi connectivity index (χ1) is 30.1. The van der Waals surface area contributed by atoms with Gasteiger partial charge in [0, 0.05) is 46.8 Å². The molecule has 4 amide bonds. The minimum Gasteiger partial charge on any atom is -0.467 e. The van der Waals surface area contributed by atoms with Crippen LogP contribution in [0.2, 0.25) is 0 Å². The second kappa shape index (κ2) is 37.0. The van der Waals surface area contributed by atoms with Gasteiger partial charge in [-0.05, 0) is 64.3 Å². The summed E-state index contributed by atoms with van der Waals surface area (Å²) in [6.45, 7) is 21.3. The Morgan fingerprint density at radius 2 is 1.51 bits per heavy atom. The number of carbonyl (C=O) groups is 6. The van der Waals surface area contributed by atoms with Crippen LogP contribution in [0, 0.1) is 17.8 Å². The molecule has 3 aliphatic rings.